The van der Waals surface area contributed by atoms with E-state index in [2.05, 4.69) is 10.1 Å². The quantitative estimate of drug-likeness (QED) is 0.622. The van der Waals surface area contributed by atoms with Gasteiger partial charge in [-0.1, -0.05) is 0 Å². The standard InChI is InChI=1S/C20H19F3N2O6S/c21-20(22,23)31-16-7-3-14(4-8-16)19(27)30-13-18(26)24-15-5-9-17(10-6-15)32(28,29)25-11-1-2-12-25/h3-10H,1-2,11-13H2,(H,24,26). The molecule has 0 aliphatic carbocycles. The third-order valence-corrected chi connectivity index (χ3v) is 6.41. The Morgan fingerprint density at radius 1 is 0.969 bits per heavy atom. The molecule has 0 saturated carbocycles. The molecule has 2 aromatic rings. The van der Waals surface area contributed by atoms with Gasteiger partial charge in [0.15, 0.2) is 6.61 Å². The zero-order valence-corrected chi connectivity index (χ0v) is 17.4. The van der Waals surface area contributed by atoms with Crippen molar-refractivity contribution < 1.29 is 40.7 Å². The summed E-state index contributed by atoms with van der Waals surface area (Å²) in [5, 5.41) is 2.46. The van der Waals surface area contributed by atoms with Crippen molar-refractivity contribution in [2.24, 2.45) is 0 Å². The highest BCUT2D eigenvalue weighted by Gasteiger charge is 2.31. The number of ether oxygens (including phenoxy) is 2. The average molecular weight is 472 g/mol. The summed E-state index contributed by atoms with van der Waals surface area (Å²) in [6, 6.07) is 9.62. The van der Waals surface area contributed by atoms with Crippen LogP contribution in [0.1, 0.15) is 23.2 Å². The maximum Gasteiger partial charge on any atom is 0.573 e. The molecule has 1 saturated heterocycles. The summed E-state index contributed by atoms with van der Waals surface area (Å²) < 4.78 is 71.4. The monoisotopic (exact) mass is 472 g/mol. The van der Waals surface area contributed by atoms with E-state index in [1.807, 2.05) is 0 Å². The van der Waals surface area contributed by atoms with Crippen LogP contribution >= 0.6 is 0 Å². The highest BCUT2D eigenvalue weighted by molar-refractivity contribution is 7.89. The molecule has 12 heteroatoms. The van der Waals surface area contributed by atoms with E-state index in [4.69, 9.17) is 4.74 Å². The predicted molar refractivity (Wildman–Crippen MR) is 106 cm³/mol. The number of hydrogen-bond donors (Lipinski definition) is 1. The summed E-state index contributed by atoms with van der Waals surface area (Å²) in [7, 11) is -3.57. The number of nitrogens with zero attached hydrogens (tertiary/aromatic N) is 1. The van der Waals surface area contributed by atoms with Crippen LogP contribution < -0.4 is 10.1 Å². The Hall–Kier alpha value is -3.12. The molecule has 0 aromatic heterocycles. The van der Waals surface area contributed by atoms with E-state index in [-0.39, 0.29) is 10.5 Å². The minimum Gasteiger partial charge on any atom is -0.452 e. The van der Waals surface area contributed by atoms with E-state index in [1.165, 1.54) is 28.6 Å². The van der Waals surface area contributed by atoms with E-state index >= 15 is 0 Å². The maximum absolute atomic E-state index is 12.5. The van der Waals surface area contributed by atoms with Gasteiger partial charge in [-0.2, -0.15) is 4.31 Å². The number of nitrogens with one attached hydrogen (secondary N) is 1. The number of halogens is 3. The van der Waals surface area contributed by atoms with Crippen molar-refractivity contribution in [2.45, 2.75) is 24.1 Å². The van der Waals surface area contributed by atoms with Crippen LogP contribution in [-0.4, -0.2) is 50.7 Å². The Morgan fingerprint density at radius 2 is 1.56 bits per heavy atom. The summed E-state index contributed by atoms with van der Waals surface area (Å²) in [4.78, 5) is 24.0. The number of hydrogen-bond acceptors (Lipinski definition) is 6. The number of sulfonamides is 1. The smallest absolute Gasteiger partial charge is 0.452 e. The first kappa shape index (κ1) is 23.5. The van der Waals surface area contributed by atoms with Gasteiger partial charge in [-0.3, -0.25) is 4.79 Å². The molecule has 1 aliphatic heterocycles. The summed E-state index contributed by atoms with van der Waals surface area (Å²) in [6.45, 7) is 0.308. The number of carbonyl (C=O) groups excluding carboxylic acids is 2. The minimum absolute atomic E-state index is 0.0659. The van der Waals surface area contributed by atoms with Crippen molar-refractivity contribution in [1.82, 2.24) is 4.31 Å². The van der Waals surface area contributed by atoms with Crippen LogP contribution in [0.2, 0.25) is 0 Å². The van der Waals surface area contributed by atoms with E-state index in [0.717, 1.165) is 37.1 Å². The fourth-order valence-corrected chi connectivity index (χ4v) is 4.51. The highest BCUT2D eigenvalue weighted by atomic mass is 32.2. The molecule has 3 rings (SSSR count). The van der Waals surface area contributed by atoms with Gasteiger partial charge in [0.2, 0.25) is 10.0 Å². The number of benzene rings is 2. The van der Waals surface area contributed by atoms with Crippen LogP contribution in [0.15, 0.2) is 53.4 Å². The highest BCUT2D eigenvalue weighted by Crippen LogP contribution is 2.23. The summed E-state index contributed by atoms with van der Waals surface area (Å²) in [6.07, 6.45) is -3.22. The molecule has 0 unspecified atom stereocenters. The van der Waals surface area contributed by atoms with Crippen LogP contribution in [0.3, 0.4) is 0 Å². The first-order valence-electron chi connectivity index (χ1n) is 9.48. The lowest BCUT2D eigenvalue weighted by Gasteiger charge is -2.15. The number of alkyl halides is 3. The Labute approximate surface area is 182 Å². The third kappa shape index (κ3) is 6.20. The van der Waals surface area contributed by atoms with Crippen molar-refractivity contribution in [2.75, 3.05) is 25.0 Å². The van der Waals surface area contributed by atoms with Gasteiger partial charge in [0.1, 0.15) is 5.75 Å². The minimum atomic E-state index is -4.85. The zero-order chi connectivity index (χ0) is 23.4. The average Bonchev–Trinajstić information content (AvgIpc) is 3.28. The second kappa shape index (κ2) is 9.57. The first-order valence-corrected chi connectivity index (χ1v) is 10.9. The molecule has 2 aromatic carbocycles. The number of carbonyl (C=O) groups is 2. The normalized spacial score (nSPS) is 14.7. The van der Waals surface area contributed by atoms with Crippen molar-refractivity contribution in [3.05, 3.63) is 54.1 Å². The number of amides is 1. The molecule has 1 heterocycles. The van der Waals surface area contributed by atoms with Gasteiger partial charge >= 0.3 is 12.3 Å². The van der Waals surface area contributed by atoms with Crippen molar-refractivity contribution in [3.63, 3.8) is 0 Å². The van der Waals surface area contributed by atoms with Crippen molar-refractivity contribution in [1.29, 1.82) is 0 Å². The lowest BCUT2D eigenvalue weighted by atomic mass is 10.2. The van der Waals surface area contributed by atoms with Crippen LogP contribution in [0.25, 0.3) is 0 Å². The van der Waals surface area contributed by atoms with Crippen molar-refractivity contribution in [3.8, 4) is 5.75 Å². The van der Waals surface area contributed by atoms with E-state index < -0.39 is 40.6 Å². The van der Waals surface area contributed by atoms with Crippen LogP contribution in [0.5, 0.6) is 5.75 Å². The fraction of sp³-hybridized carbons (Fsp3) is 0.300. The Balaban J connectivity index is 1.51. The number of rotatable bonds is 7. The molecule has 0 spiro atoms. The predicted octanol–water partition coefficient (Wildman–Crippen LogP) is 3.17. The van der Waals surface area contributed by atoms with Gasteiger partial charge in [-0.25, -0.2) is 13.2 Å². The summed E-state index contributed by atoms with van der Waals surface area (Å²) in [5.41, 5.74) is 0.240. The van der Waals surface area contributed by atoms with Gasteiger partial charge in [0, 0.05) is 18.8 Å². The SMILES string of the molecule is O=C(COC(=O)c1ccc(OC(F)(F)F)cc1)Nc1ccc(S(=O)(=O)N2CCCC2)cc1. The Bertz CT molecular complexity index is 1060. The van der Waals surface area contributed by atoms with Gasteiger partial charge in [-0.05, 0) is 61.4 Å². The second-order valence-electron chi connectivity index (χ2n) is 6.83. The topological polar surface area (TPSA) is 102 Å². The van der Waals surface area contributed by atoms with E-state index in [0.29, 0.717) is 18.8 Å². The summed E-state index contributed by atoms with van der Waals surface area (Å²) >= 11 is 0. The molecular weight excluding hydrogens is 453 g/mol. The zero-order valence-electron chi connectivity index (χ0n) is 16.6. The third-order valence-electron chi connectivity index (χ3n) is 4.50. The molecule has 1 N–H and O–H groups in total. The molecule has 0 radical (unpaired) electrons. The van der Waals surface area contributed by atoms with Crippen LogP contribution in [-0.2, 0) is 19.6 Å². The summed E-state index contributed by atoms with van der Waals surface area (Å²) in [5.74, 6) is -2.08. The molecule has 0 bridgehead atoms. The number of anilines is 1. The lowest BCUT2D eigenvalue weighted by Crippen LogP contribution is -2.27. The Kier molecular flexibility index (Phi) is 7.04. The first-order chi connectivity index (χ1) is 15.0. The molecular formula is C20H19F3N2O6S. The Morgan fingerprint density at radius 3 is 2.12 bits per heavy atom. The molecule has 1 amide bonds. The molecule has 1 fully saturated rings. The molecule has 1 aliphatic rings. The van der Waals surface area contributed by atoms with Gasteiger partial charge in [0.25, 0.3) is 5.91 Å². The maximum atomic E-state index is 12.5. The number of esters is 1. The van der Waals surface area contributed by atoms with Gasteiger partial charge in [-0.15, -0.1) is 13.2 Å². The molecule has 8 nitrogen and oxygen atoms in total. The van der Waals surface area contributed by atoms with E-state index in [9.17, 15) is 31.2 Å². The van der Waals surface area contributed by atoms with Crippen LogP contribution in [0.4, 0.5) is 18.9 Å². The van der Waals surface area contributed by atoms with Crippen LogP contribution in [0, 0.1) is 0 Å². The molecule has 172 valence electrons. The van der Waals surface area contributed by atoms with Gasteiger partial charge in [0.05, 0.1) is 10.5 Å². The van der Waals surface area contributed by atoms with E-state index in [1.54, 1.807) is 0 Å². The fourth-order valence-electron chi connectivity index (χ4n) is 2.99. The second-order valence-corrected chi connectivity index (χ2v) is 8.77. The lowest BCUT2D eigenvalue weighted by molar-refractivity contribution is -0.274. The van der Waals surface area contributed by atoms with Crippen molar-refractivity contribution >= 4 is 27.6 Å². The largest absolute Gasteiger partial charge is 0.573 e. The molecule has 0 atom stereocenters. The molecule has 32 heavy (non-hydrogen) atoms. The van der Waals surface area contributed by atoms with Gasteiger partial charge < -0.3 is 14.8 Å².